The summed E-state index contributed by atoms with van der Waals surface area (Å²) in [7, 11) is 0. The molecule has 1 aliphatic heterocycles. The van der Waals surface area contributed by atoms with E-state index >= 15 is 0 Å². The standard InChI is InChI=1S/C15H18O4/c16-12(7-6-11-4-2-1-3-5-11)8-13-9-14(17)15(18)10-19-13/h1-7,13-15,17-18H,8-10H2/b7-6+. The lowest BCUT2D eigenvalue weighted by atomic mass is 9.99. The van der Waals surface area contributed by atoms with Crippen molar-refractivity contribution in [3.05, 3.63) is 42.0 Å². The second-order valence-corrected chi connectivity index (χ2v) is 4.74. The van der Waals surface area contributed by atoms with Gasteiger partial charge in [0.1, 0.15) is 6.10 Å². The third-order valence-electron chi connectivity index (χ3n) is 3.14. The Morgan fingerprint density at radius 3 is 2.68 bits per heavy atom. The first-order valence-electron chi connectivity index (χ1n) is 6.39. The summed E-state index contributed by atoms with van der Waals surface area (Å²) in [5.41, 5.74) is 0.968. The fourth-order valence-electron chi connectivity index (χ4n) is 2.03. The molecular weight excluding hydrogens is 244 g/mol. The largest absolute Gasteiger partial charge is 0.390 e. The van der Waals surface area contributed by atoms with Gasteiger partial charge in [-0.15, -0.1) is 0 Å². The molecule has 0 saturated carbocycles. The summed E-state index contributed by atoms with van der Waals surface area (Å²) >= 11 is 0. The van der Waals surface area contributed by atoms with Crippen LogP contribution in [0.2, 0.25) is 0 Å². The normalized spacial score (nSPS) is 27.6. The minimum Gasteiger partial charge on any atom is -0.390 e. The van der Waals surface area contributed by atoms with Gasteiger partial charge in [0, 0.05) is 12.8 Å². The Labute approximate surface area is 112 Å². The second kappa shape index (κ2) is 6.61. The SMILES string of the molecule is O=C(/C=C/c1ccccc1)CC1CC(O)C(O)CO1. The lowest BCUT2D eigenvalue weighted by Gasteiger charge is -2.29. The maximum atomic E-state index is 11.8. The Morgan fingerprint density at radius 2 is 2.00 bits per heavy atom. The van der Waals surface area contributed by atoms with Gasteiger partial charge in [0.05, 0.1) is 18.8 Å². The first-order chi connectivity index (χ1) is 9.15. The van der Waals surface area contributed by atoms with E-state index in [0.717, 1.165) is 5.56 Å². The van der Waals surface area contributed by atoms with Gasteiger partial charge in [0.2, 0.25) is 0 Å². The fourth-order valence-corrected chi connectivity index (χ4v) is 2.03. The topological polar surface area (TPSA) is 66.8 Å². The highest BCUT2D eigenvalue weighted by molar-refractivity contribution is 5.93. The van der Waals surface area contributed by atoms with E-state index in [0.29, 0.717) is 6.42 Å². The predicted octanol–water partition coefficient (Wildman–Crippen LogP) is 1.17. The van der Waals surface area contributed by atoms with Gasteiger partial charge in [-0.25, -0.2) is 0 Å². The van der Waals surface area contributed by atoms with Crippen molar-refractivity contribution in [3.8, 4) is 0 Å². The molecule has 2 N–H and O–H groups in total. The van der Waals surface area contributed by atoms with E-state index in [1.165, 1.54) is 6.08 Å². The molecule has 0 spiro atoms. The Balaban J connectivity index is 1.83. The van der Waals surface area contributed by atoms with Crippen LogP contribution in [0.4, 0.5) is 0 Å². The highest BCUT2D eigenvalue weighted by Gasteiger charge is 2.28. The summed E-state index contributed by atoms with van der Waals surface area (Å²) in [5, 5.41) is 18.8. The smallest absolute Gasteiger partial charge is 0.158 e. The van der Waals surface area contributed by atoms with Crippen LogP contribution < -0.4 is 0 Å². The zero-order valence-electron chi connectivity index (χ0n) is 10.6. The third kappa shape index (κ3) is 4.28. The number of benzene rings is 1. The van der Waals surface area contributed by atoms with Gasteiger partial charge in [-0.1, -0.05) is 36.4 Å². The molecule has 2 rings (SSSR count). The highest BCUT2D eigenvalue weighted by atomic mass is 16.5. The number of hydrogen-bond acceptors (Lipinski definition) is 4. The summed E-state index contributed by atoms with van der Waals surface area (Å²) in [4.78, 5) is 11.8. The summed E-state index contributed by atoms with van der Waals surface area (Å²) in [6.07, 6.45) is 1.85. The fraction of sp³-hybridized carbons (Fsp3) is 0.400. The van der Waals surface area contributed by atoms with Gasteiger partial charge >= 0.3 is 0 Å². The van der Waals surface area contributed by atoms with E-state index in [1.54, 1.807) is 6.08 Å². The van der Waals surface area contributed by atoms with Gasteiger partial charge in [0.25, 0.3) is 0 Å². The molecule has 0 amide bonds. The lowest BCUT2D eigenvalue weighted by molar-refractivity contribution is -0.134. The van der Waals surface area contributed by atoms with Gasteiger partial charge in [-0.2, -0.15) is 0 Å². The maximum Gasteiger partial charge on any atom is 0.158 e. The van der Waals surface area contributed by atoms with Crippen LogP contribution in [0.3, 0.4) is 0 Å². The Morgan fingerprint density at radius 1 is 1.26 bits per heavy atom. The van der Waals surface area contributed by atoms with Crippen LogP contribution in [0.1, 0.15) is 18.4 Å². The van der Waals surface area contributed by atoms with Crippen LogP contribution in [0.5, 0.6) is 0 Å². The molecule has 0 bridgehead atoms. The van der Waals surface area contributed by atoms with Gasteiger partial charge < -0.3 is 14.9 Å². The molecule has 1 fully saturated rings. The molecule has 0 radical (unpaired) electrons. The average molecular weight is 262 g/mol. The molecule has 4 heteroatoms. The van der Waals surface area contributed by atoms with Gasteiger partial charge in [0.15, 0.2) is 5.78 Å². The monoisotopic (exact) mass is 262 g/mol. The molecule has 3 unspecified atom stereocenters. The first-order valence-corrected chi connectivity index (χ1v) is 6.39. The van der Waals surface area contributed by atoms with Crippen molar-refractivity contribution in [1.29, 1.82) is 0 Å². The van der Waals surface area contributed by atoms with Crippen molar-refractivity contribution in [2.24, 2.45) is 0 Å². The molecule has 0 aliphatic carbocycles. The zero-order chi connectivity index (χ0) is 13.7. The van der Waals surface area contributed by atoms with Crippen LogP contribution in [0, 0.1) is 0 Å². The van der Waals surface area contributed by atoms with Crippen molar-refractivity contribution in [1.82, 2.24) is 0 Å². The number of rotatable bonds is 4. The summed E-state index contributed by atoms with van der Waals surface area (Å²) < 4.78 is 5.32. The molecule has 102 valence electrons. The van der Waals surface area contributed by atoms with Crippen LogP contribution in [-0.4, -0.2) is 40.9 Å². The number of allylic oxidation sites excluding steroid dienone is 1. The van der Waals surface area contributed by atoms with E-state index in [9.17, 15) is 15.0 Å². The molecule has 1 aliphatic rings. The Kier molecular flexibility index (Phi) is 4.85. The van der Waals surface area contributed by atoms with Crippen molar-refractivity contribution >= 4 is 11.9 Å². The second-order valence-electron chi connectivity index (χ2n) is 4.74. The molecule has 1 aromatic carbocycles. The van der Waals surface area contributed by atoms with E-state index in [1.807, 2.05) is 30.3 Å². The highest BCUT2D eigenvalue weighted by Crippen LogP contribution is 2.17. The maximum absolute atomic E-state index is 11.8. The molecule has 1 heterocycles. The van der Waals surface area contributed by atoms with Gasteiger partial charge in [-0.05, 0) is 11.6 Å². The summed E-state index contributed by atoms with van der Waals surface area (Å²) in [5.74, 6) is -0.0440. The van der Waals surface area contributed by atoms with Crippen molar-refractivity contribution < 1.29 is 19.7 Å². The molecular formula is C15H18O4. The first kappa shape index (κ1) is 13.9. The Bertz CT molecular complexity index is 441. The average Bonchev–Trinajstić information content (AvgIpc) is 2.42. The number of carbonyl (C=O) groups excluding carboxylic acids is 1. The molecule has 0 aromatic heterocycles. The molecule has 4 nitrogen and oxygen atoms in total. The number of hydrogen-bond donors (Lipinski definition) is 2. The van der Waals surface area contributed by atoms with E-state index in [-0.39, 0.29) is 24.9 Å². The third-order valence-corrected chi connectivity index (χ3v) is 3.14. The number of aliphatic hydroxyl groups is 2. The number of ketones is 1. The van der Waals surface area contributed by atoms with Crippen LogP contribution >= 0.6 is 0 Å². The number of aliphatic hydroxyl groups excluding tert-OH is 2. The molecule has 3 atom stereocenters. The number of ether oxygens (including phenoxy) is 1. The van der Waals surface area contributed by atoms with Gasteiger partial charge in [-0.3, -0.25) is 4.79 Å². The molecule has 19 heavy (non-hydrogen) atoms. The van der Waals surface area contributed by atoms with Crippen molar-refractivity contribution in [2.45, 2.75) is 31.2 Å². The Hall–Kier alpha value is -1.49. The van der Waals surface area contributed by atoms with Crippen LogP contribution in [0.15, 0.2) is 36.4 Å². The summed E-state index contributed by atoms with van der Waals surface area (Å²) in [6, 6.07) is 9.57. The van der Waals surface area contributed by atoms with Crippen molar-refractivity contribution in [3.63, 3.8) is 0 Å². The van der Waals surface area contributed by atoms with E-state index in [4.69, 9.17) is 4.74 Å². The van der Waals surface area contributed by atoms with Crippen molar-refractivity contribution in [2.75, 3.05) is 6.61 Å². The molecule has 1 saturated heterocycles. The zero-order valence-corrected chi connectivity index (χ0v) is 10.6. The number of carbonyl (C=O) groups is 1. The predicted molar refractivity (Wildman–Crippen MR) is 71.5 cm³/mol. The van der Waals surface area contributed by atoms with Crippen LogP contribution in [-0.2, 0) is 9.53 Å². The van der Waals surface area contributed by atoms with Crippen LogP contribution in [0.25, 0.3) is 6.08 Å². The molecule has 1 aromatic rings. The van der Waals surface area contributed by atoms with E-state index in [2.05, 4.69) is 0 Å². The quantitative estimate of drug-likeness (QED) is 0.799. The van der Waals surface area contributed by atoms with E-state index < -0.39 is 12.2 Å². The summed E-state index contributed by atoms with van der Waals surface area (Å²) in [6.45, 7) is 0.0848. The minimum atomic E-state index is -0.841. The lowest BCUT2D eigenvalue weighted by Crippen LogP contribution is -2.41. The minimum absolute atomic E-state index is 0.0440.